The molecule has 2 aliphatic heterocycles. The van der Waals surface area contributed by atoms with Crippen molar-refractivity contribution in [3.63, 3.8) is 0 Å². The van der Waals surface area contributed by atoms with Crippen LogP contribution in [0.15, 0.2) is 17.1 Å². The number of amides is 1. The molecule has 0 aliphatic carbocycles. The van der Waals surface area contributed by atoms with E-state index < -0.39 is 18.5 Å². The monoisotopic (exact) mass is 269 g/mol. The number of halogens is 2. The number of carbonyl (C=O) groups is 1. The van der Waals surface area contributed by atoms with Gasteiger partial charge in [-0.15, -0.1) is 0 Å². The van der Waals surface area contributed by atoms with Crippen molar-refractivity contribution < 1.29 is 13.6 Å². The van der Waals surface area contributed by atoms with Crippen LogP contribution in [0.3, 0.4) is 0 Å². The number of nitrogens with zero attached hydrogens (tertiary/aromatic N) is 2. The van der Waals surface area contributed by atoms with E-state index in [0.717, 1.165) is 0 Å². The molecule has 1 N–H and O–H groups in total. The fraction of sp³-hybridized carbons (Fsp3) is 0.500. The van der Waals surface area contributed by atoms with E-state index in [2.05, 4.69) is 5.43 Å². The molecule has 19 heavy (non-hydrogen) atoms. The number of pyridine rings is 1. The number of carbonyl (C=O) groups excluding carboxylic acids is 1. The molecule has 1 amide bonds. The summed E-state index contributed by atoms with van der Waals surface area (Å²) in [5, 5.41) is 0. The van der Waals surface area contributed by atoms with Crippen molar-refractivity contribution in [3.8, 4) is 0 Å². The normalized spacial score (nSPS) is 24.5. The summed E-state index contributed by atoms with van der Waals surface area (Å²) in [5.74, 6) is -3.13. The van der Waals surface area contributed by atoms with Gasteiger partial charge in [0.1, 0.15) is 11.9 Å². The molecule has 0 spiro atoms. The number of hydrogen-bond acceptors (Lipinski definition) is 3. The van der Waals surface area contributed by atoms with E-state index in [1.54, 1.807) is 6.92 Å². The molecule has 3 rings (SSSR count). The van der Waals surface area contributed by atoms with Crippen molar-refractivity contribution >= 4 is 5.91 Å². The number of piperidine rings is 1. The Morgan fingerprint density at radius 2 is 2.16 bits per heavy atom. The maximum atomic E-state index is 13.4. The predicted octanol–water partition coefficient (Wildman–Crippen LogP) is 0.911. The lowest BCUT2D eigenvalue weighted by Gasteiger charge is -2.44. The van der Waals surface area contributed by atoms with Gasteiger partial charge in [-0.3, -0.25) is 14.3 Å². The minimum Gasteiger partial charge on any atom is -0.315 e. The SMILES string of the molecule is Cc1c2n(ccc1=O)N[C@@H]1CC(F)(F)CCN1C2=O. The van der Waals surface area contributed by atoms with Gasteiger partial charge in [0, 0.05) is 30.8 Å². The van der Waals surface area contributed by atoms with E-state index in [1.165, 1.54) is 21.8 Å². The average molecular weight is 269 g/mol. The van der Waals surface area contributed by atoms with Crippen LogP contribution in [0.25, 0.3) is 0 Å². The zero-order valence-corrected chi connectivity index (χ0v) is 10.3. The van der Waals surface area contributed by atoms with Gasteiger partial charge in [-0.05, 0) is 6.92 Å². The Morgan fingerprint density at radius 3 is 2.89 bits per heavy atom. The Labute approximate surface area is 107 Å². The highest BCUT2D eigenvalue weighted by molar-refractivity contribution is 5.95. The highest BCUT2D eigenvalue weighted by Crippen LogP contribution is 2.33. The van der Waals surface area contributed by atoms with Gasteiger partial charge in [0.25, 0.3) is 11.8 Å². The highest BCUT2D eigenvalue weighted by Gasteiger charge is 2.45. The van der Waals surface area contributed by atoms with Gasteiger partial charge in [-0.25, -0.2) is 8.78 Å². The molecule has 5 nitrogen and oxygen atoms in total. The Kier molecular flexibility index (Phi) is 2.42. The third kappa shape index (κ3) is 1.80. The molecule has 1 aromatic heterocycles. The maximum absolute atomic E-state index is 13.4. The standard InChI is InChI=1S/C12H13F2N3O2/c1-7-8(18)2-4-17-10(7)11(19)16-5-3-12(13,14)6-9(16)15-17/h2,4,9,15H,3,5-6H2,1H3/t9-/m0/s1. The molecule has 0 saturated carbocycles. The Balaban J connectivity index is 2.06. The van der Waals surface area contributed by atoms with E-state index in [-0.39, 0.29) is 30.0 Å². The second-order valence-corrected chi connectivity index (χ2v) is 4.98. The summed E-state index contributed by atoms with van der Waals surface area (Å²) in [7, 11) is 0. The smallest absolute Gasteiger partial charge is 0.274 e. The van der Waals surface area contributed by atoms with Gasteiger partial charge < -0.3 is 10.3 Å². The van der Waals surface area contributed by atoms with Crippen LogP contribution in [-0.2, 0) is 0 Å². The zero-order chi connectivity index (χ0) is 13.8. The van der Waals surface area contributed by atoms with E-state index in [9.17, 15) is 18.4 Å². The van der Waals surface area contributed by atoms with Crippen molar-refractivity contribution in [1.82, 2.24) is 9.58 Å². The van der Waals surface area contributed by atoms with Gasteiger partial charge in [-0.1, -0.05) is 0 Å². The summed E-state index contributed by atoms with van der Waals surface area (Å²) in [6.45, 7) is 1.55. The molecule has 7 heteroatoms. The largest absolute Gasteiger partial charge is 0.315 e. The summed E-state index contributed by atoms with van der Waals surface area (Å²) >= 11 is 0. The highest BCUT2D eigenvalue weighted by atomic mass is 19.3. The third-order valence-corrected chi connectivity index (χ3v) is 3.68. The lowest BCUT2D eigenvalue weighted by molar-refractivity contribution is -0.0691. The van der Waals surface area contributed by atoms with E-state index >= 15 is 0 Å². The van der Waals surface area contributed by atoms with Gasteiger partial charge in [0.05, 0.1) is 6.42 Å². The van der Waals surface area contributed by atoms with E-state index in [4.69, 9.17) is 0 Å². The van der Waals surface area contributed by atoms with Crippen LogP contribution in [0.2, 0.25) is 0 Å². The molecule has 1 aromatic rings. The second kappa shape index (κ2) is 3.79. The zero-order valence-electron chi connectivity index (χ0n) is 10.3. The van der Waals surface area contributed by atoms with Gasteiger partial charge in [-0.2, -0.15) is 0 Å². The molecule has 0 aromatic carbocycles. The van der Waals surface area contributed by atoms with Crippen LogP contribution < -0.4 is 10.9 Å². The summed E-state index contributed by atoms with van der Waals surface area (Å²) in [6.07, 6.45) is -0.0751. The van der Waals surface area contributed by atoms with Crippen molar-refractivity contribution in [1.29, 1.82) is 0 Å². The molecule has 0 bridgehead atoms. The molecule has 3 heterocycles. The lowest BCUT2D eigenvalue weighted by atomic mass is 10.0. The quantitative estimate of drug-likeness (QED) is 0.761. The first-order chi connectivity index (χ1) is 8.89. The summed E-state index contributed by atoms with van der Waals surface area (Å²) in [5.41, 5.74) is 3.18. The van der Waals surface area contributed by atoms with Crippen LogP contribution in [0, 0.1) is 6.92 Å². The van der Waals surface area contributed by atoms with Crippen LogP contribution in [-0.4, -0.2) is 34.1 Å². The maximum Gasteiger partial charge on any atom is 0.274 e. The molecule has 102 valence electrons. The number of rotatable bonds is 0. The molecular weight excluding hydrogens is 256 g/mol. The predicted molar refractivity (Wildman–Crippen MR) is 63.8 cm³/mol. The lowest BCUT2D eigenvalue weighted by Crippen LogP contribution is -2.59. The Bertz CT molecular complexity index is 611. The van der Waals surface area contributed by atoms with Gasteiger partial charge >= 0.3 is 0 Å². The average Bonchev–Trinajstić information content (AvgIpc) is 2.32. The first kappa shape index (κ1) is 12.1. The summed E-state index contributed by atoms with van der Waals surface area (Å²) < 4.78 is 28.1. The van der Waals surface area contributed by atoms with Crippen LogP contribution in [0.4, 0.5) is 8.78 Å². The molecule has 0 radical (unpaired) electrons. The van der Waals surface area contributed by atoms with Gasteiger partial charge in [0.15, 0.2) is 5.43 Å². The summed E-state index contributed by atoms with van der Waals surface area (Å²) in [6, 6.07) is 1.32. The fourth-order valence-corrected chi connectivity index (χ4v) is 2.60. The molecule has 1 atom stereocenters. The van der Waals surface area contributed by atoms with Crippen LogP contribution in [0.1, 0.15) is 28.9 Å². The minimum absolute atomic E-state index is 0.00791. The number of hydrogen-bond donors (Lipinski definition) is 1. The van der Waals surface area contributed by atoms with Crippen LogP contribution in [0.5, 0.6) is 0 Å². The number of aromatic nitrogens is 1. The third-order valence-electron chi connectivity index (χ3n) is 3.68. The Hall–Kier alpha value is -1.92. The number of alkyl halides is 2. The minimum atomic E-state index is -2.76. The first-order valence-electron chi connectivity index (χ1n) is 6.07. The summed E-state index contributed by atoms with van der Waals surface area (Å²) in [4.78, 5) is 25.3. The van der Waals surface area contributed by atoms with E-state index in [1.807, 2.05) is 0 Å². The molecular formula is C12H13F2N3O2. The molecule has 1 saturated heterocycles. The molecule has 0 unspecified atom stereocenters. The number of fused-ring (bicyclic) bond motifs is 2. The Morgan fingerprint density at radius 1 is 1.42 bits per heavy atom. The van der Waals surface area contributed by atoms with E-state index in [0.29, 0.717) is 5.56 Å². The molecule has 1 fully saturated rings. The van der Waals surface area contributed by atoms with Crippen LogP contribution >= 0.6 is 0 Å². The van der Waals surface area contributed by atoms with Crippen molar-refractivity contribution in [2.45, 2.75) is 31.9 Å². The topological polar surface area (TPSA) is 54.3 Å². The second-order valence-electron chi connectivity index (χ2n) is 4.98. The number of nitrogens with one attached hydrogen (secondary N) is 1. The molecule has 2 aliphatic rings. The van der Waals surface area contributed by atoms with Crippen molar-refractivity contribution in [2.75, 3.05) is 12.0 Å². The van der Waals surface area contributed by atoms with Crippen molar-refractivity contribution in [2.24, 2.45) is 0 Å². The van der Waals surface area contributed by atoms with Gasteiger partial charge in [0.2, 0.25) is 0 Å². The first-order valence-corrected chi connectivity index (χ1v) is 6.07. The van der Waals surface area contributed by atoms with Crippen molar-refractivity contribution in [3.05, 3.63) is 33.7 Å². The fourth-order valence-electron chi connectivity index (χ4n) is 2.60.